The zero-order chi connectivity index (χ0) is 19.2. The number of likely N-dealkylation sites (tertiary alicyclic amines) is 2. The Morgan fingerprint density at radius 3 is 2.44 bits per heavy atom. The second-order valence-corrected chi connectivity index (χ2v) is 10.3. The summed E-state index contributed by atoms with van der Waals surface area (Å²) in [6, 6.07) is -0.690. The molecule has 4 fully saturated rings. The molecule has 4 aliphatic rings. The van der Waals surface area contributed by atoms with Gasteiger partial charge in [-0.3, -0.25) is 14.5 Å². The molecule has 3 atom stereocenters. The molecular weight excluding hydrogens is 366 g/mol. The van der Waals surface area contributed by atoms with E-state index in [9.17, 15) is 18.0 Å². The molecule has 0 bridgehead atoms. The highest BCUT2D eigenvalue weighted by molar-refractivity contribution is 7.88. The van der Waals surface area contributed by atoms with Gasteiger partial charge in [0.1, 0.15) is 0 Å². The van der Waals surface area contributed by atoms with Crippen LogP contribution in [0.4, 0.5) is 0 Å². The second-order valence-electron chi connectivity index (χ2n) is 8.40. The number of fused-ring (bicyclic) bond motifs is 1. The minimum absolute atomic E-state index is 0.0895. The van der Waals surface area contributed by atoms with Gasteiger partial charge in [-0.15, -0.1) is 0 Å². The molecule has 1 aliphatic carbocycles. The maximum absolute atomic E-state index is 12.8. The predicted octanol–water partition coefficient (Wildman–Crippen LogP) is 0.826. The molecule has 7 nitrogen and oxygen atoms in total. The number of piperidine rings is 1. The minimum atomic E-state index is -3.60. The predicted molar refractivity (Wildman–Crippen MR) is 101 cm³/mol. The molecule has 8 heteroatoms. The number of hydrogen-bond donors (Lipinski definition) is 0. The van der Waals surface area contributed by atoms with Crippen molar-refractivity contribution in [2.45, 2.75) is 50.6 Å². The van der Waals surface area contributed by atoms with E-state index in [0.717, 1.165) is 43.0 Å². The van der Waals surface area contributed by atoms with Gasteiger partial charge in [0.25, 0.3) is 0 Å². The number of hydrogen-bond acceptors (Lipinski definition) is 5. The van der Waals surface area contributed by atoms with E-state index in [4.69, 9.17) is 0 Å². The molecule has 27 heavy (non-hydrogen) atoms. The monoisotopic (exact) mass is 395 g/mol. The summed E-state index contributed by atoms with van der Waals surface area (Å²) in [5.41, 5.74) is 0. The van der Waals surface area contributed by atoms with E-state index in [1.807, 2.05) is 6.08 Å². The molecule has 3 saturated heterocycles. The number of carbonyl (C=O) groups is 2. The summed E-state index contributed by atoms with van der Waals surface area (Å²) in [5, 5.41) is 0. The Bertz CT molecular complexity index is 740. The molecule has 1 saturated carbocycles. The molecule has 0 aromatic rings. The Morgan fingerprint density at radius 2 is 1.81 bits per heavy atom. The van der Waals surface area contributed by atoms with Crippen molar-refractivity contribution in [3.05, 3.63) is 12.2 Å². The highest BCUT2D eigenvalue weighted by Crippen LogP contribution is 2.49. The summed E-state index contributed by atoms with van der Waals surface area (Å²) in [6.07, 6.45) is 10.8. The van der Waals surface area contributed by atoms with E-state index < -0.39 is 16.1 Å². The van der Waals surface area contributed by atoms with Crippen LogP contribution in [0.5, 0.6) is 0 Å². The van der Waals surface area contributed by atoms with Crippen molar-refractivity contribution in [2.75, 3.05) is 32.4 Å². The smallest absolute Gasteiger partial charge is 0.246 e. The lowest BCUT2D eigenvalue weighted by Crippen LogP contribution is -2.43. The third-order valence-corrected chi connectivity index (χ3v) is 7.60. The topological polar surface area (TPSA) is 78.0 Å². The lowest BCUT2D eigenvalue weighted by molar-refractivity contribution is -0.131. The second kappa shape index (κ2) is 7.20. The summed E-state index contributed by atoms with van der Waals surface area (Å²) in [6.45, 7) is 3.45. The van der Waals surface area contributed by atoms with Crippen LogP contribution in [0, 0.1) is 11.8 Å². The molecule has 3 heterocycles. The third-order valence-electron chi connectivity index (χ3n) is 6.43. The fourth-order valence-corrected chi connectivity index (χ4v) is 6.26. The lowest BCUT2D eigenvalue weighted by Gasteiger charge is -2.27. The Morgan fingerprint density at radius 1 is 1.11 bits per heavy atom. The number of rotatable bonds is 5. The normalized spacial score (nSPS) is 32.5. The van der Waals surface area contributed by atoms with Crippen molar-refractivity contribution in [3.8, 4) is 0 Å². The van der Waals surface area contributed by atoms with Crippen molar-refractivity contribution >= 4 is 21.8 Å². The van der Waals surface area contributed by atoms with Crippen molar-refractivity contribution in [1.29, 1.82) is 0 Å². The average Bonchev–Trinajstić information content (AvgIpc) is 3.28. The quantitative estimate of drug-likeness (QED) is 0.644. The maximum atomic E-state index is 12.8. The molecule has 0 unspecified atom stereocenters. The van der Waals surface area contributed by atoms with Crippen LogP contribution in [0.15, 0.2) is 12.2 Å². The molecular formula is C19H29N3O4S. The van der Waals surface area contributed by atoms with E-state index >= 15 is 0 Å². The van der Waals surface area contributed by atoms with E-state index in [1.54, 1.807) is 11.0 Å². The Labute approximate surface area is 161 Å². The van der Waals surface area contributed by atoms with E-state index in [1.165, 1.54) is 19.3 Å². The highest BCUT2D eigenvalue weighted by atomic mass is 32.2. The minimum Gasteiger partial charge on any atom is -0.333 e. The van der Waals surface area contributed by atoms with Crippen molar-refractivity contribution in [1.82, 2.24) is 14.1 Å². The van der Waals surface area contributed by atoms with Gasteiger partial charge < -0.3 is 4.90 Å². The molecule has 3 aliphatic heterocycles. The summed E-state index contributed by atoms with van der Waals surface area (Å²) < 4.78 is 25.4. The first-order chi connectivity index (χ1) is 12.9. The number of sulfonamides is 1. The molecule has 0 aromatic heterocycles. The van der Waals surface area contributed by atoms with Gasteiger partial charge in [-0.25, -0.2) is 12.7 Å². The Balaban J connectivity index is 1.47. The standard InChI is InChI=1S/C19H29N3O4S/c1-27(25,26)22-15-9-13-21(18(15)17(19(22)24)14-7-8-14)16(23)6-5-12-20-10-3-2-4-11-20/h5-6,14-15,17-18H,2-4,7-13H2,1H3/b6-5+/t15-,17+,18-/m0/s1. The Hall–Kier alpha value is -1.41. The molecule has 0 aromatic carbocycles. The van der Waals surface area contributed by atoms with Crippen molar-refractivity contribution in [2.24, 2.45) is 11.8 Å². The molecule has 4 rings (SSSR count). The zero-order valence-electron chi connectivity index (χ0n) is 15.9. The van der Waals surface area contributed by atoms with Gasteiger partial charge in [-0.1, -0.05) is 12.5 Å². The summed E-state index contributed by atoms with van der Waals surface area (Å²) in [7, 11) is -3.60. The molecule has 0 spiro atoms. The van der Waals surface area contributed by atoms with E-state index in [-0.39, 0.29) is 29.7 Å². The summed E-state index contributed by atoms with van der Waals surface area (Å²) in [5.74, 6) is -0.521. The Kier molecular flexibility index (Phi) is 5.05. The fourth-order valence-electron chi connectivity index (χ4n) is 5.09. The third kappa shape index (κ3) is 3.66. The van der Waals surface area contributed by atoms with Gasteiger partial charge in [0, 0.05) is 19.2 Å². The van der Waals surface area contributed by atoms with Crippen molar-refractivity contribution in [3.63, 3.8) is 0 Å². The zero-order valence-corrected chi connectivity index (χ0v) is 16.7. The molecule has 0 radical (unpaired) electrons. The SMILES string of the molecule is CS(=O)(=O)N1C(=O)[C@H](C2CC2)[C@@H]2[C@@H]1CCN2C(=O)/C=C/CN1CCCCC1. The van der Waals surface area contributed by atoms with Crippen molar-refractivity contribution < 1.29 is 18.0 Å². The molecule has 150 valence electrons. The van der Waals surface area contributed by atoms with Crippen LogP contribution in [0.2, 0.25) is 0 Å². The van der Waals surface area contributed by atoms with Crippen LogP contribution in [0.25, 0.3) is 0 Å². The van der Waals surface area contributed by atoms with E-state index in [2.05, 4.69) is 4.90 Å². The van der Waals surface area contributed by atoms with Gasteiger partial charge in [-0.2, -0.15) is 0 Å². The maximum Gasteiger partial charge on any atom is 0.246 e. The van der Waals surface area contributed by atoms with Gasteiger partial charge in [0.05, 0.1) is 24.3 Å². The van der Waals surface area contributed by atoms with Gasteiger partial charge in [0.15, 0.2) is 0 Å². The number of nitrogens with zero attached hydrogens (tertiary/aromatic N) is 3. The summed E-state index contributed by atoms with van der Waals surface area (Å²) >= 11 is 0. The van der Waals surface area contributed by atoms with E-state index in [0.29, 0.717) is 13.0 Å². The van der Waals surface area contributed by atoms with Gasteiger partial charge in [0.2, 0.25) is 21.8 Å². The first kappa shape index (κ1) is 18.9. The van der Waals surface area contributed by atoms with Crippen LogP contribution in [0.3, 0.4) is 0 Å². The van der Waals surface area contributed by atoms with Crippen LogP contribution in [-0.2, 0) is 19.6 Å². The van der Waals surface area contributed by atoms with Gasteiger partial charge >= 0.3 is 0 Å². The molecule has 0 N–H and O–H groups in total. The van der Waals surface area contributed by atoms with Crippen LogP contribution in [0.1, 0.15) is 38.5 Å². The first-order valence-electron chi connectivity index (χ1n) is 10.1. The number of amides is 2. The van der Waals surface area contributed by atoms with Crippen LogP contribution >= 0.6 is 0 Å². The largest absolute Gasteiger partial charge is 0.333 e. The fraction of sp³-hybridized carbons (Fsp3) is 0.789. The number of carbonyl (C=O) groups excluding carboxylic acids is 2. The van der Waals surface area contributed by atoms with Crippen LogP contribution < -0.4 is 0 Å². The first-order valence-corrected chi connectivity index (χ1v) is 12.0. The molecule has 2 amide bonds. The highest BCUT2D eigenvalue weighted by Gasteiger charge is 2.60. The summed E-state index contributed by atoms with van der Waals surface area (Å²) in [4.78, 5) is 29.7. The van der Waals surface area contributed by atoms with Crippen LogP contribution in [-0.4, -0.2) is 78.9 Å². The van der Waals surface area contributed by atoms with Gasteiger partial charge in [-0.05, 0) is 51.1 Å². The lowest BCUT2D eigenvalue weighted by atomic mass is 9.94. The average molecular weight is 396 g/mol.